The Hall–Kier alpha value is -2.00. The van der Waals surface area contributed by atoms with Crippen LogP contribution in [0.3, 0.4) is 0 Å². The largest absolute Gasteiger partial charge is 0.351 e. The van der Waals surface area contributed by atoms with E-state index in [1.54, 1.807) is 19.1 Å². The number of rotatable bonds is 5. The molecule has 3 rings (SSSR count). The van der Waals surface area contributed by atoms with Crippen LogP contribution in [0.5, 0.6) is 0 Å². The van der Waals surface area contributed by atoms with Gasteiger partial charge in [-0.2, -0.15) is 4.31 Å². The summed E-state index contributed by atoms with van der Waals surface area (Å²) < 4.78 is 39.1. The lowest BCUT2D eigenvalue weighted by Gasteiger charge is -2.47. The molecule has 0 spiro atoms. The molecule has 2 aliphatic rings. The molecular formula is C22H32FN3O4S. The third-order valence-corrected chi connectivity index (χ3v) is 7.52. The SMILES string of the molecule is C[C@@]1(C(=O)NC2CCCCCCC2)CN(S(C)(=O)=O)CC(=O)N1Cc1cccc(F)c1. The Morgan fingerprint density at radius 1 is 1.19 bits per heavy atom. The number of sulfonamides is 1. The Morgan fingerprint density at radius 2 is 1.84 bits per heavy atom. The van der Waals surface area contributed by atoms with Crippen molar-refractivity contribution in [2.75, 3.05) is 19.3 Å². The lowest BCUT2D eigenvalue weighted by Crippen LogP contribution is -2.69. The average Bonchev–Trinajstić information content (AvgIpc) is 2.66. The van der Waals surface area contributed by atoms with E-state index >= 15 is 0 Å². The Balaban J connectivity index is 1.87. The van der Waals surface area contributed by atoms with E-state index in [2.05, 4.69) is 5.32 Å². The van der Waals surface area contributed by atoms with E-state index in [1.165, 1.54) is 23.5 Å². The molecule has 0 aromatic heterocycles. The quantitative estimate of drug-likeness (QED) is 0.742. The molecule has 1 heterocycles. The van der Waals surface area contributed by atoms with Gasteiger partial charge in [0.05, 0.1) is 12.8 Å². The smallest absolute Gasteiger partial charge is 0.247 e. The second-order valence-electron chi connectivity index (χ2n) is 8.93. The number of carbonyl (C=O) groups is 2. The van der Waals surface area contributed by atoms with E-state index in [1.807, 2.05) is 0 Å². The van der Waals surface area contributed by atoms with Crippen LogP contribution in [0.15, 0.2) is 24.3 Å². The molecule has 1 aliphatic carbocycles. The molecule has 0 radical (unpaired) electrons. The van der Waals surface area contributed by atoms with Crippen LogP contribution < -0.4 is 5.32 Å². The molecule has 172 valence electrons. The van der Waals surface area contributed by atoms with Gasteiger partial charge in [0, 0.05) is 19.1 Å². The zero-order chi connectivity index (χ0) is 22.6. The maximum Gasteiger partial charge on any atom is 0.247 e. The Bertz CT molecular complexity index is 915. The standard InChI is InChI=1S/C22H32FN3O4S/c1-22(21(28)24-19-11-6-4-3-5-7-12-19)16-25(31(2,29)30)15-20(27)26(22)14-17-9-8-10-18(23)13-17/h8-10,13,19H,3-7,11-12,14-16H2,1-2H3,(H,24,28)/t22-/m0/s1. The van der Waals surface area contributed by atoms with Crippen molar-refractivity contribution in [2.45, 2.75) is 70.0 Å². The molecule has 9 heteroatoms. The van der Waals surface area contributed by atoms with Crippen molar-refractivity contribution in [3.63, 3.8) is 0 Å². The van der Waals surface area contributed by atoms with Gasteiger partial charge in [-0.25, -0.2) is 12.8 Å². The minimum absolute atomic E-state index is 0.00403. The lowest BCUT2D eigenvalue weighted by atomic mass is 9.92. The summed E-state index contributed by atoms with van der Waals surface area (Å²) >= 11 is 0. The number of halogens is 1. The molecule has 31 heavy (non-hydrogen) atoms. The van der Waals surface area contributed by atoms with Gasteiger partial charge in [-0.3, -0.25) is 9.59 Å². The van der Waals surface area contributed by atoms with Crippen LogP contribution in [0.2, 0.25) is 0 Å². The summed E-state index contributed by atoms with van der Waals surface area (Å²) in [5.74, 6) is -1.27. The average molecular weight is 454 g/mol. The van der Waals surface area contributed by atoms with Gasteiger partial charge >= 0.3 is 0 Å². The van der Waals surface area contributed by atoms with E-state index in [4.69, 9.17) is 0 Å². The first-order valence-corrected chi connectivity index (χ1v) is 12.8. The number of amides is 2. The lowest BCUT2D eigenvalue weighted by molar-refractivity contribution is -0.154. The molecule has 1 N–H and O–H groups in total. The molecule has 1 atom stereocenters. The van der Waals surface area contributed by atoms with Gasteiger partial charge < -0.3 is 10.2 Å². The highest BCUT2D eigenvalue weighted by Gasteiger charge is 2.49. The van der Waals surface area contributed by atoms with E-state index in [0.29, 0.717) is 5.56 Å². The van der Waals surface area contributed by atoms with Crippen molar-refractivity contribution < 1.29 is 22.4 Å². The van der Waals surface area contributed by atoms with Crippen LogP contribution in [-0.2, 0) is 26.2 Å². The first-order chi connectivity index (χ1) is 14.6. The van der Waals surface area contributed by atoms with Crippen molar-refractivity contribution >= 4 is 21.8 Å². The Morgan fingerprint density at radius 3 is 2.45 bits per heavy atom. The summed E-state index contributed by atoms with van der Waals surface area (Å²) in [6.45, 7) is 1.16. The third-order valence-electron chi connectivity index (χ3n) is 6.32. The first-order valence-electron chi connectivity index (χ1n) is 10.9. The number of hydrogen-bond donors (Lipinski definition) is 1. The highest BCUT2D eigenvalue weighted by molar-refractivity contribution is 7.88. The fourth-order valence-electron chi connectivity index (χ4n) is 4.45. The highest BCUT2D eigenvalue weighted by Crippen LogP contribution is 2.28. The van der Waals surface area contributed by atoms with E-state index in [-0.39, 0.29) is 31.6 Å². The van der Waals surface area contributed by atoms with Crippen LogP contribution in [0, 0.1) is 5.82 Å². The van der Waals surface area contributed by atoms with Crippen LogP contribution >= 0.6 is 0 Å². The number of nitrogens with one attached hydrogen (secondary N) is 1. The normalized spacial score (nSPS) is 24.5. The second kappa shape index (κ2) is 9.65. The van der Waals surface area contributed by atoms with Gasteiger partial charge in [0.15, 0.2) is 0 Å². The van der Waals surface area contributed by atoms with Gasteiger partial charge in [-0.15, -0.1) is 0 Å². The molecule has 2 fully saturated rings. The summed E-state index contributed by atoms with van der Waals surface area (Å²) in [6, 6.07) is 5.88. The van der Waals surface area contributed by atoms with Gasteiger partial charge in [-0.05, 0) is 37.5 Å². The molecule has 1 aromatic rings. The number of nitrogens with zero attached hydrogens (tertiary/aromatic N) is 2. The summed E-state index contributed by atoms with van der Waals surface area (Å²) in [5, 5.41) is 3.09. The van der Waals surface area contributed by atoms with E-state index < -0.39 is 27.3 Å². The van der Waals surface area contributed by atoms with Crippen molar-refractivity contribution in [1.82, 2.24) is 14.5 Å². The van der Waals surface area contributed by atoms with Gasteiger partial charge in [0.2, 0.25) is 21.8 Å². The molecule has 1 aliphatic heterocycles. The zero-order valence-corrected chi connectivity index (χ0v) is 19.1. The third kappa shape index (κ3) is 5.83. The summed E-state index contributed by atoms with van der Waals surface area (Å²) in [5.41, 5.74) is -0.848. The fourth-order valence-corrected chi connectivity index (χ4v) is 5.28. The van der Waals surface area contributed by atoms with Crippen LogP contribution in [0.4, 0.5) is 4.39 Å². The summed E-state index contributed by atoms with van der Waals surface area (Å²) in [4.78, 5) is 27.9. The Labute approximate surface area is 184 Å². The van der Waals surface area contributed by atoms with Gasteiger partial charge in [-0.1, -0.05) is 44.2 Å². The van der Waals surface area contributed by atoms with Gasteiger partial charge in [0.25, 0.3) is 0 Å². The maximum absolute atomic E-state index is 13.7. The van der Waals surface area contributed by atoms with Crippen LogP contribution in [-0.4, -0.2) is 60.4 Å². The molecule has 1 aromatic carbocycles. The number of piperazine rings is 1. The van der Waals surface area contributed by atoms with Crippen molar-refractivity contribution in [3.8, 4) is 0 Å². The fraction of sp³-hybridized carbons (Fsp3) is 0.636. The van der Waals surface area contributed by atoms with Gasteiger partial charge in [0.1, 0.15) is 11.4 Å². The molecule has 2 amide bonds. The highest BCUT2D eigenvalue weighted by atomic mass is 32.2. The summed E-state index contributed by atoms with van der Waals surface area (Å²) in [7, 11) is -3.66. The zero-order valence-electron chi connectivity index (χ0n) is 18.3. The van der Waals surface area contributed by atoms with Crippen LogP contribution in [0.25, 0.3) is 0 Å². The first kappa shape index (κ1) is 23.7. The molecular weight excluding hydrogens is 421 g/mol. The molecule has 0 unspecified atom stereocenters. The minimum Gasteiger partial charge on any atom is -0.351 e. The minimum atomic E-state index is -3.66. The predicted octanol–water partition coefficient (Wildman–Crippen LogP) is 2.42. The predicted molar refractivity (Wildman–Crippen MR) is 116 cm³/mol. The number of carbonyl (C=O) groups excluding carboxylic acids is 2. The van der Waals surface area contributed by atoms with E-state index in [0.717, 1.165) is 49.1 Å². The van der Waals surface area contributed by atoms with Crippen LogP contribution in [0.1, 0.15) is 57.4 Å². The Kier molecular flexibility index (Phi) is 7.36. The molecule has 7 nitrogen and oxygen atoms in total. The summed E-state index contributed by atoms with van der Waals surface area (Å²) in [6.07, 6.45) is 8.32. The van der Waals surface area contributed by atoms with Crippen molar-refractivity contribution in [3.05, 3.63) is 35.6 Å². The van der Waals surface area contributed by atoms with E-state index in [9.17, 15) is 22.4 Å². The molecule has 0 bridgehead atoms. The van der Waals surface area contributed by atoms with Crippen molar-refractivity contribution in [1.29, 1.82) is 0 Å². The number of hydrogen-bond acceptors (Lipinski definition) is 4. The second-order valence-corrected chi connectivity index (χ2v) is 10.9. The molecule has 1 saturated carbocycles. The topological polar surface area (TPSA) is 86.8 Å². The van der Waals surface area contributed by atoms with Crippen molar-refractivity contribution in [2.24, 2.45) is 0 Å². The maximum atomic E-state index is 13.7. The monoisotopic (exact) mass is 453 g/mol. The molecule has 1 saturated heterocycles. The number of benzene rings is 1.